The zero-order valence-electron chi connectivity index (χ0n) is 9.92. The molecule has 1 aromatic carbocycles. The molecule has 1 fully saturated rings. The molecule has 1 aliphatic rings. The number of fused-ring (bicyclic) bond motifs is 1. The Morgan fingerprint density at radius 3 is 2.88 bits per heavy atom. The van der Waals surface area contributed by atoms with E-state index in [0.717, 1.165) is 5.92 Å². The van der Waals surface area contributed by atoms with Crippen molar-refractivity contribution in [3.05, 3.63) is 35.5 Å². The van der Waals surface area contributed by atoms with Crippen LogP contribution in [0, 0.1) is 12.8 Å². The second-order valence-electron chi connectivity index (χ2n) is 5.17. The summed E-state index contributed by atoms with van der Waals surface area (Å²) >= 11 is 0. The van der Waals surface area contributed by atoms with Crippen molar-refractivity contribution in [2.24, 2.45) is 5.92 Å². The minimum absolute atomic E-state index is 0.930. The Balaban J connectivity index is 1.94. The van der Waals surface area contributed by atoms with Gasteiger partial charge in [0, 0.05) is 17.1 Å². The van der Waals surface area contributed by atoms with Gasteiger partial charge in [-0.15, -0.1) is 0 Å². The monoisotopic (exact) mass is 213 g/mol. The van der Waals surface area contributed by atoms with Crippen molar-refractivity contribution in [1.29, 1.82) is 0 Å². The molecule has 1 heteroatoms. The van der Waals surface area contributed by atoms with Crippen LogP contribution in [0.4, 0.5) is 0 Å². The van der Waals surface area contributed by atoms with E-state index in [2.05, 4.69) is 36.3 Å². The summed E-state index contributed by atoms with van der Waals surface area (Å²) < 4.78 is 0. The van der Waals surface area contributed by atoms with Crippen LogP contribution < -0.4 is 0 Å². The highest BCUT2D eigenvalue weighted by atomic mass is 14.7. The molecule has 1 N–H and O–H groups in total. The van der Waals surface area contributed by atoms with Gasteiger partial charge in [0.1, 0.15) is 0 Å². The number of rotatable bonds is 2. The van der Waals surface area contributed by atoms with Crippen LogP contribution in [0.25, 0.3) is 10.9 Å². The third-order valence-corrected chi connectivity index (χ3v) is 3.99. The first-order chi connectivity index (χ1) is 7.84. The molecule has 3 rings (SSSR count). The molecule has 1 aromatic heterocycles. The fourth-order valence-electron chi connectivity index (χ4n) is 3.06. The van der Waals surface area contributed by atoms with E-state index in [9.17, 15) is 0 Å². The van der Waals surface area contributed by atoms with Gasteiger partial charge in [-0.25, -0.2) is 0 Å². The maximum atomic E-state index is 3.43. The SMILES string of the molecule is Cc1cccc2c(CC3CCCC3)c[nH]c12. The average molecular weight is 213 g/mol. The first-order valence-electron chi connectivity index (χ1n) is 6.40. The predicted octanol–water partition coefficient (Wildman–Crippen LogP) is 4.21. The smallest absolute Gasteiger partial charge is 0.0486 e. The van der Waals surface area contributed by atoms with E-state index in [1.165, 1.54) is 54.1 Å². The molecule has 0 radical (unpaired) electrons. The Labute approximate surface area is 96.9 Å². The maximum Gasteiger partial charge on any atom is 0.0486 e. The molecular weight excluding hydrogens is 194 g/mol. The summed E-state index contributed by atoms with van der Waals surface area (Å²) in [6.45, 7) is 2.18. The highest BCUT2D eigenvalue weighted by Crippen LogP contribution is 2.31. The minimum atomic E-state index is 0.930. The van der Waals surface area contributed by atoms with E-state index in [-0.39, 0.29) is 0 Å². The number of H-pyrrole nitrogens is 1. The molecule has 16 heavy (non-hydrogen) atoms. The molecule has 1 saturated carbocycles. The molecule has 84 valence electrons. The van der Waals surface area contributed by atoms with E-state index < -0.39 is 0 Å². The predicted molar refractivity (Wildman–Crippen MR) is 68.7 cm³/mol. The first-order valence-corrected chi connectivity index (χ1v) is 6.40. The number of aryl methyl sites for hydroxylation is 1. The van der Waals surface area contributed by atoms with Gasteiger partial charge in [-0.05, 0) is 30.4 Å². The standard InChI is InChI=1S/C15H19N/c1-11-5-4-8-14-13(10-16-15(11)14)9-12-6-2-3-7-12/h4-5,8,10,12,16H,2-3,6-7,9H2,1H3. The van der Waals surface area contributed by atoms with Gasteiger partial charge in [0.05, 0.1) is 0 Å². The van der Waals surface area contributed by atoms with E-state index in [0.29, 0.717) is 0 Å². The Morgan fingerprint density at radius 2 is 2.06 bits per heavy atom. The van der Waals surface area contributed by atoms with E-state index in [4.69, 9.17) is 0 Å². The number of benzene rings is 1. The summed E-state index contributed by atoms with van der Waals surface area (Å²) in [7, 11) is 0. The van der Waals surface area contributed by atoms with Gasteiger partial charge in [0.2, 0.25) is 0 Å². The Hall–Kier alpha value is -1.24. The number of para-hydroxylation sites is 1. The lowest BCUT2D eigenvalue weighted by Crippen LogP contribution is -1.97. The number of hydrogen-bond acceptors (Lipinski definition) is 0. The summed E-state index contributed by atoms with van der Waals surface area (Å²) in [5.74, 6) is 0.930. The summed E-state index contributed by atoms with van der Waals surface area (Å²) in [5.41, 5.74) is 4.20. The van der Waals surface area contributed by atoms with Gasteiger partial charge in [-0.1, -0.05) is 43.9 Å². The van der Waals surface area contributed by atoms with Crippen LogP contribution in [0.1, 0.15) is 36.8 Å². The molecule has 0 unspecified atom stereocenters. The van der Waals surface area contributed by atoms with Crippen molar-refractivity contribution in [2.45, 2.75) is 39.0 Å². The van der Waals surface area contributed by atoms with Gasteiger partial charge in [-0.3, -0.25) is 0 Å². The molecule has 2 aromatic rings. The lowest BCUT2D eigenvalue weighted by molar-refractivity contribution is 0.548. The summed E-state index contributed by atoms with van der Waals surface area (Å²) in [6.07, 6.45) is 9.22. The maximum absolute atomic E-state index is 3.43. The molecule has 0 saturated heterocycles. The molecule has 1 aliphatic carbocycles. The molecule has 0 atom stereocenters. The van der Waals surface area contributed by atoms with Crippen LogP contribution in [0.2, 0.25) is 0 Å². The highest BCUT2D eigenvalue weighted by Gasteiger charge is 2.17. The molecule has 1 nitrogen and oxygen atoms in total. The highest BCUT2D eigenvalue weighted by molar-refractivity contribution is 5.85. The second-order valence-corrected chi connectivity index (χ2v) is 5.17. The van der Waals surface area contributed by atoms with Crippen molar-refractivity contribution in [3.63, 3.8) is 0 Å². The summed E-state index contributed by atoms with van der Waals surface area (Å²) in [4.78, 5) is 3.43. The van der Waals surface area contributed by atoms with E-state index in [1.54, 1.807) is 0 Å². The van der Waals surface area contributed by atoms with Crippen molar-refractivity contribution >= 4 is 10.9 Å². The van der Waals surface area contributed by atoms with Crippen LogP contribution in [0.3, 0.4) is 0 Å². The van der Waals surface area contributed by atoms with Crippen LogP contribution in [0.15, 0.2) is 24.4 Å². The van der Waals surface area contributed by atoms with Crippen LogP contribution in [-0.4, -0.2) is 4.98 Å². The van der Waals surface area contributed by atoms with Crippen LogP contribution in [-0.2, 0) is 6.42 Å². The zero-order chi connectivity index (χ0) is 11.0. The normalized spacial score (nSPS) is 17.3. The lowest BCUT2D eigenvalue weighted by Gasteiger charge is -2.07. The number of aromatic amines is 1. The zero-order valence-corrected chi connectivity index (χ0v) is 9.92. The largest absolute Gasteiger partial charge is 0.361 e. The minimum Gasteiger partial charge on any atom is -0.361 e. The summed E-state index contributed by atoms with van der Waals surface area (Å²) in [6, 6.07) is 6.60. The first kappa shape index (κ1) is 9.95. The fourth-order valence-corrected chi connectivity index (χ4v) is 3.06. The van der Waals surface area contributed by atoms with Crippen molar-refractivity contribution in [3.8, 4) is 0 Å². The lowest BCUT2D eigenvalue weighted by atomic mass is 9.97. The molecule has 1 heterocycles. The third kappa shape index (κ3) is 1.64. The van der Waals surface area contributed by atoms with Gasteiger partial charge < -0.3 is 4.98 Å². The number of aromatic nitrogens is 1. The number of nitrogens with one attached hydrogen (secondary N) is 1. The van der Waals surface area contributed by atoms with Gasteiger partial charge in [0.15, 0.2) is 0 Å². The Morgan fingerprint density at radius 1 is 1.25 bits per heavy atom. The molecule has 0 spiro atoms. The van der Waals surface area contributed by atoms with Gasteiger partial charge in [-0.2, -0.15) is 0 Å². The van der Waals surface area contributed by atoms with Crippen molar-refractivity contribution < 1.29 is 0 Å². The molecule has 0 bridgehead atoms. The molecular formula is C15H19N. The van der Waals surface area contributed by atoms with Gasteiger partial charge >= 0.3 is 0 Å². The van der Waals surface area contributed by atoms with Crippen LogP contribution in [0.5, 0.6) is 0 Å². The third-order valence-electron chi connectivity index (χ3n) is 3.99. The van der Waals surface area contributed by atoms with E-state index in [1.807, 2.05) is 0 Å². The second kappa shape index (κ2) is 3.97. The van der Waals surface area contributed by atoms with Crippen LogP contribution >= 0.6 is 0 Å². The number of hydrogen-bond donors (Lipinski definition) is 1. The van der Waals surface area contributed by atoms with Crippen molar-refractivity contribution in [1.82, 2.24) is 4.98 Å². The average Bonchev–Trinajstić information content (AvgIpc) is 2.90. The summed E-state index contributed by atoms with van der Waals surface area (Å²) in [5, 5.41) is 1.44. The van der Waals surface area contributed by atoms with Crippen molar-refractivity contribution in [2.75, 3.05) is 0 Å². The molecule has 0 amide bonds. The topological polar surface area (TPSA) is 15.8 Å². The van der Waals surface area contributed by atoms with E-state index >= 15 is 0 Å². The fraction of sp³-hybridized carbons (Fsp3) is 0.467. The Kier molecular flexibility index (Phi) is 2.47. The molecule has 0 aliphatic heterocycles. The van der Waals surface area contributed by atoms with Gasteiger partial charge in [0.25, 0.3) is 0 Å². The Bertz CT molecular complexity index is 489. The quantitative estimate of drug-likeness (QED) is 0.769.